The summed E-state index contributed by atoms with van der Waals surface area (Å²) in [6.07, 6.45) is 3.24. The van der Waals surface area contributed by atoms with Gasteiger partial charge in [0.15, 0.2) is 0 Å². The first-order valence-corrected chi connectivity index (χ1v) is 7.41. The summed E-state index contributed by atoms with van der Waals surface area (Å²) in [7, 11) is 0. The molecule has 4 heteroatoms. The number of hydrogen-bond donors (Lipinski definition) is 2. The summed E-state index contributed by atoms with van der Waals surface area (Å²) in [5, 5.41) is 7.56. The number of nitrogens with one attached hydrogen (secondary N) is 2. The van der Waals surface area contributed by atoms with Crippen molar-refractivity contribution < 1.29 is 4.79 Å². The van der Waals surface area contributed by atoms with Crippen molar-refractivity contribution in [3.8, 4) is 0 Å². The van der Waals surface area contributed by atoms with E-state index in [4.69, 9.17) is 0 Å². The zero-order valence-corrected chi connectivity index (χ0v) is 11.2. The van der Waals surface area contributed by atoms with Crippen LogP contribution in [-0.4, -0.2) is 5.91 Å². The molecule has 19 heavy (non-hydrogen) atoms. The van der Waals surface area contributed by atoms with Crippen LogP contribution in [0.1, 0.15) is 38.9 Å². The zero-order valence-electron chi connectivity index (χ0n) is 10.4. The van der Waals surface area contributed by atoms with E-state index in [0.717, 1.165) is 29.0 Å². The molecule has 2 aromatic rings. The van der Waals surface area contributed by atoms with Gasteiger partial charge < -0.3 is 10.6 Å². The lowest BCUT2D eigenvalue weighted by Gasteiger charge is -2.26. The lowest BCUT2D eigenvalue weighted by atomic mass is 10.1. The summed E-state index contributed by atoms with van der Waals surface area (Å²) >= 11 is 1.75. The van der Waals surface area contributed by atoms with E-state index < -0.39 is 0 Å². The molecule has 1 aromatic carbocycles. The molecule has 0 fully saturated rings. The van der Waals surface area contributed by atoms with Crippen LogP contribution in [0.2, 0.25) is 0 Å². The average Bonchev–Trinajstić information content (AvgIpc) is 2.99. The number of hydrogen-bond acceptors (Lipinski definition) is 3. The van der Waals surface area contributed by atoms with Crippen LogP contribution in [0.15, 0.2) is 30.3 Å². The number of rotatable bonds is 1. The Kier molecular flexibility index (Phi) is 2.38. The summed E-state index contributed by atoms with van der Waals surface area (Å²) in [6, 6.07) is 10.0. The largest absolute Gasteiger partial charge is 0.353 e. The number of carbonyl (C=O) groups is 1. The van der Waals surface area contributed by atoms with Crippen molar-refractivity contribution >= 4 is 22.2 Å². The van der Waals surface area contributed by atoms with Gasteiger partial charge in [-0.3, -0.25) is 4.79 Å². The highest BCUT2D eigenvalue weighted by molar-refractivity contribution is 7.16. The van der Waals surface area contributed by atoms with Gasteiger partial charge in [0.05, 0.1) is 5.56 Å². The van der Waals surface area contributed by atoms with Gasteiger partial charge in [0.1, 0.15) is 11.2 Å². The first-order valence-electron chi connectivity index (χ1n) is 6.60. The lowest BCUT2D eigenvalue weighted by Crippen LogP contribution is -2.38. The SMILES string of the molecule is O=C1N[C@H](c2ccccc2)Nc2sc3c(c21)CCC3. The van der Waals surface area contributed by atoms with E-state index in [1.54, 1.807) is 11.3 Å². The van der Waals surface area contributed by atoms with E-state index in [1.807, 2.05) is 30.3 Å². The van der Waals surface area contributed by atoms with Gasteiger partial charge >= 0.3 is 0 Å². The predicted octanol–water partition coefficient (Wildman–Crippen LogP) is 3.09. The Morgan fingerprint density at radius 3 is 2.79 bits per heavy atom. The quantitative estimate of drug-likeness (QED) is 0.836. The second kappa shape index (κ2) is 4.10. The van der Waals surface area contributed by atoms with Crippen LogP contribution >= 0.6 is 11.3 Å². The number of thiophene rings is 1. The Balaban J connectivity index is 1.74. The predicted molar refractivity (Wildman–Crippen MR) is 76.6 cm³/mol. The molecule has 0 saturated heterocycles. The topological polar surface area (TPSA) is 41.1 Å². The van der Waals surface area contributed by atoms with Crippen LogP contribution in [0.3, 0.4) is 0 Å². The summed E-state index contributed by atoms with van der Waals surface area (Å²) in [5.41, 5.74) is 3.26. The van der Waals surface area contributed by atoms with Crippen LogP contribution in [0.4, 0.5) is 5.00 Å². The van der Waals surface area contributed by atoms with E-state index in [0.29, 0.717) is 0 Å². The van der Waals surface area contributed by atoms with Gasteiger partial charge in [-0.25, -0.2) is 0 Å². The molecule has 0 radical (unpaired) electrons. The molecule has 1 aromatic heterocycles. The van der Waals surface area contributed by atoms with Crippen molar-refractivity contribution in [3.63, 3.8) is 0 Å². The molecular formula is C15H14N2OS. The molecule has 1 amide bonds. The molecule has 1 aliphatic carbocycles. The minimum absolute atomic E-state index is 0.0713. The van der Waals surface area contributed by atoms with Crippen LogP contribution in [0.25, 0.3) is 0 Å². The number of benzene rings is 1. The highest BCUT2D eigenvalue weighted by Gasteiger charge is 2.32. The smallest absolute Gasteiger partial charge is 0.256 e. The van der Waals surface area contributed by atoms with Crippen LogP contribution < -0.4 is 10.6 Å². The molecule has 3 nitrogen and oxygen atoms in total. The molecule has 1 atom stereocenters. The summed E-state index contributed by atoms with van der Waals surface area (Å²) in [4.78, 5) is 13.7. The van der Waals surface area contributed by atoms with Gasteiger partial charge in [-0.05, 0) is 30.4 Å². The van der Waals surface area contributed by atoms with E-state index >= 15 is 0 Å². The summed E-state index contributed by atoms with van der Waals surface area (Å²) < 4.78 is 0. The van der Waals surface area contributed by atoms with Crippen LogP contribution in [0.5, 0.6) is 0 Å². The van der Waals surface area contributed by atoms with E-state index in [1.165, 1.54) is 16.9 Å². The van der Waals surface area contributed by atoms with Gasteiger partial charge in [0.2, 0.25) is 0 Å². The number of carbonyl (C=O) groups excluding carboxylic acids is 1. The Bertz CT molecular complexity index is 648. The monoisotopic (exact) mass is 270 g/mol. The highest BCUT2D eigenvalue weighted by atomic mass is 32.1. The Labute approximate surface area is 115 Å². The molecule has 2 N–H and O–H groups in total. The molecule has 0 saturated carbocycles. The van der Waals surface area contributed by atoms with Gasteiger partial charge in [-0.1, -0.05) is 30.3 Å². The average molecular weight is 270 g/mol. The standard InChI is InChI=1S/C15H14N2OS/c18-14-12-10-7-4-8-11(10)19-15(12)17-13(16-14)9-5-2-1-3-6-9/h1-3,5-6,13,17H,4,7-8H2,(H,16,18)/t13-/m0/s1. The molecule has 1 aliphatic heterocycles. The first-order chi connectivity index (χ1) is 9.33. The zero-order chi connectivity index (χ0) is 12.8. The first kappa shape index (κ1) is 11.1. The summed E-state index contributed by atoms with van der Waals surface area (Å²) in [5.74, 6) is 0.0713. The minimum Gasteiger partial charge on any atom is -0.353 e. The number of fused-ring (bicyclic) bond motifs is 3. The van der Waals surface area contributed by atoms with Crippen molar-refractivity contribution in [2.45, 2.75) is 25.4 Å². The number of aryl methyl sites for hydroxylation is 1. The molecule has 2 aliphatic rings. The molecule has 2 heterocycles. The Hall–Kier alpha value is -1.81. The molecule has 96 valence electrons. The Morgan fingerprint density at radius 1 is 1.11 bits per heavy atom. The fraction of sp³-hybridized carbons (Fsp3) is 0.267. The second-order valence-electron chi connectivity index (χ2n) is 5.02. The fourth-order valence-electron chi connectivity index (χ4n) is 2.93. The van der Waals surface area contributed by atoms with Gasteiger partial charge in [-0.15, -0.1) is 11.3 Å². The van der Waals surface area contributed by atoms with E-state index in [-0.39, 0.29) is 12.1 Å². The van der Waals surface area contributed by atoms with Crippen molar-refractivity contribution in [2.75, 3.05) is 5.32 Å². The third kappa shape index (κ3) is 1.67. The Morgan fingerprint density at radius 2 is 1.95 bits per heavy atom. The molecule has 0 bridgehead atoms. The van der Waals surface area contributed by atoms with Crippen molar-refractivity contribution in [3.05, 3.63) is 51.9 Å². The normalized spacial score (nSPS) is 20.4. The van der Waals surface area contributed by atoms with Gasteiger partial charge in [0.25, 0.3) is 5.91 Å². The maximum absolute atomic E-state index is 12.3. The van der Waals surface area contributed by atoms with Gasteiger partial charge in [0, 0.05) is 4.88 Å². The highest BCUT2D eigenvalue weighted by Crippen LogP contribution is 2.42. The minimum atomic E-state index is -0.111. The molecule has 0 spiro atoms. The van der Waals surface area contributed by atoms with Crippen molar-refractivity contribution in [1.82, 2.24) is 5.32 Å². The maximum Gasteiger partial charge on any atom is 0.256 e. The van der Waals surface area contributed by atoms with Crippen LogP contribution in [-0.2, 0) is 12.8 Å². The molecule has 4 rings (SSSR count). The molecular weight excluding hydrogens is 256 g/mol. The van der Waals surface area contributed by atoms with Crippen molar-refractivity contribution in [1.29, 1.82) is 0 Å². The lowest BCUT2D eigenvalue weighted by molar-refractivity contribution is 0.0935. The second-order valence-corrected chi connectivity index (χ2v) is 6.13. The fourth-order valence-corrected chi connectivity index (χ4v) is 4.24. The summed E-state index contributed by atoms with van der Waals surface area (Å²) in [6.45, 7) is 0. The van der Waals surface area contributed by atoms with Crippen molar-refractivity contribution in [2.24, 2.45) is 0 Å². The van der Waals surface area contributed by atoms with E-state index in [2.05, 4.69) is 10.6 Å². The molecule has 0 unspecified atom stereocenters. The maximum atomic E-state index is 12.3. The third-order valence-electron chi connectivity index (χ3n) is 3.83. The van der Waals surface area contributed by atoms with E-state index in [9.17, 15) is 4.79 Å². The van der Waals surface area contributed by atoms with Crippen LogP contribution in [0, 0.1) is 0 Å². The number of amides is 1. The van der Waals surface area contributed by atoms with Gasteiger partial charge in [-0.2, -0.15) is 0 Å². The number of anilines is 1. The third-order valence-corrected chi connectivity index (χ3v) is 5.06.